The highest BCUT2D eigenvalue weighted by Crippen LogP contribution is 2.07. The van der Waals surface area contributed by atoms with Crippen molar-refractivity contribution in [2.24, 2.45) is 0 Å². The van der Waals surface area contributed by atoms with Gasteiger partial charge in [-0.3, -0.25) is 0 Å². The Morgan fingerprint density at radius 1 is 1.69 bits per heavy atom. The number of ether oxygens (including phenoxy) is 1. The van der Waals surface area contributed by atoms with Gasteiger partial charge < -0.3 is 19.6 Å². The third kappa shape index (κ3) is 4.04. The van der Waals surface area contributed by atoms with Crippen molar-refractivity contribution in [1.82, 2.24) is 5.32 Å². The van der Waals surface area contributed by atoms with E-state index in [1.54, 1.807) is 0 Å². The smallest absolute Gasteiger partial charge is 0.338 e. The Morgan fingerprint density at radius 2 is 2.44 bits per heavy atom. The van der Waals surface area contributed by atoms with Gasteiger partial charge in [-0.15, -0.1) is 0 Å². The number of furan rings is 1. The lowest BCUT2D eigenvalue weighted by atomic mass is 10.3. The summed E-state index contributed by atoms with van der Waals surface area (Å²) in [5.41, 5.74) is 0.175. The van der Waals surface area contributed by atoms with Gasteiger partial charge in [0.1, 0.15) is 12.0 Å². The lowest BCUT2D eigenvalue weighted by molar-refractivity contribution is 0.0696. The largest absolute Gasteiger partial charge is 0.478 e. The number of carboxylic acid groups (broad SMARTS) is 1. The maximum atomic E-state index is 10.6. The highest BCUT2D eigenvalue weighted by molar-refractivity contribution is 5.87. The Bertz CT molecular complexity index is 334. The first-order valence-electron chi connectivity index (χ1n) is 5.25. The van der Waals surface area contributed by atoms with Crippen molar-refractivity contribution in [3.63, 3.8) is 0 Å². The number of nitrogens with one attached hydrogen (secondary N) is 1. The van der Waals surface area contributed by atoms with Crippen molar-refractivity contribution >= 4 is 5.97 Å². The fourth-order valence-electron chi connectivity index (χ4n) is 1.21. The van der Waals surface area contributed by atoms with E-state index in [4.69, 9.17) is 14.3 Å². The Kier molecular flexibility index (Phi) is 5.01. The predicted molar refractivity (Wildman–Crippen MR) is 58.5 cm³/mol. The summed E-state index contributed by atoms with van der Waals surface area (Å²) in [4.78, 5) is 10.6. The van der Waals surface area contributed by atoms with Gasteiger partial charge in [0.2, 0.25) is 0 Å². The van der Waals surface area contributed by atoms with E-state index in [-0.39, 0.29) is 11.6 Å². The summed E-state index contributed by atoms with van der Waals surface area (Å²) in [6.45, 7) is 5.76. The molecule has 1 rings (SSSR count). The van der Waals surface area contributed by atoms with E-state index < -0.39 is 5.97 Å². The maximum Gasteiger partial charge on any atom is 0.338 e. The van der Waals surface area contributed by atoms with Gasteiger partial charge >= 0.3 is 5.97 Å². The molecule has 5 heteroatoms. The summed E-state index contributed by atoms with van der Waals surface area (Å²) in [5, 5.41) is 11.9. The first-order valence-corrected chi connectivity index (χ1v) is 5.25. The second-order valence-electron chi connectivity index (χ2n) is 3.55. The monoisotopic (exact) mass is 227 g/mol. The van der Waals surface area contributed by atoms with E-state index in [1.807, 2.05) is 13.8 Å². The number of carbonyl (C=O) groups is 1. The molecule has 16 heavy (non-hydrogen) atoms. The minimum atomic E-state index is -0.975. The minimum absolute atomic E-state index is 0.175. The summed E-state index contributed by atoms with van der Waals surface area (Å²) in [6, 6.07) is 1.72. The summed E-state index contributed by atoms with van der Waals surface area (Å²) in [6.07, 6.45) is 1.24. The fraction of sp³-hybridized carbons (Fsp3) is 0.545. The fourth-order valence-corrected chi connectivity index (χ4v) is 1.21. The van der Waals surface area contributed by atoms with Gasteiger partial charge in [-0.2, -0.15) is 0 Å². The molecule has 0 fully saturated rings. The zero-order chi connectivity index (χ0) is 12.0. The topological polar surface area (TPSA) is 71.7 Å². The molecule has 1 aromatic heterocycles. The van der Waals surface area contributed by atoms with E-state index in [0.29, 0.717) is 25.5 Å². The molecule has 2 N–H and O–H groups in total. The van der Waals surface area contributed by atoms with Gasteiger partial charge in [0.15, 0.2) is 0 Å². The highest BCUT2D eigenvalue weighted by atomic mass is 16.5. The molecule has 0 spiro atoms. The Hall–Kier alpha value is -1.33. The summed E-state index contributed by atoms with van der Waals surface area (Å²) >= 11 is 0. The predicted octanol–water partition coefficient (Wildman–Crippen LogP) is 1.49. The van der Waals surface area contributed by atoms with Gasteiger partial charge in [-0.05, 0) is 19.9 Å². The van der Waals surface area contributed by atoms with Crippen LogP contribution in [-0.4, -0.2) is 30.3 Å². The zero-order valence-corrected chi connectivity index (χ0v) is 9.53. The van der Waals surface area contributed by atoms with Crippen molar-refractivity contribution in [2.75, 3.05) is 13.2 Å². The number of aromatic carboxylic acids is 1. The first-order chi connectivity index (χ1) is 7.63. The van der Waals surface area contributed by atoms with Crippen molar-refractivity contribution in [3.05, 3.63) is 23.7 Å². The normalized spacial score (nSPS) is 12.6. The Morgan fingerprint density at radius 3 is 3.00 bits per heavy atom. The van der Waals surface area contributed by atoms with Gasteiger partial charge in [0.25, 0.3) is 0 Å². The van der Waals surface area contributed by atoms with Crippen LogP contribution in [0.2, 0.25) is 0 Å². The van der Waals surface area contributed by atoms with Crippen LogP contribution in [0.3, 0.4) is 0 Å². The van der Waals surface area contributed by atoms with Crippen molar-refractivity contribution in [3.8, 4) is 0 Å². The highest BCUT2D eigenvalue weighted by Gasteiger charge is 2.08. The standard InChI is InChI=1S/C11H17NO4/c1-3-15-6-8(2)12-5-10-4-9(7-16-10)11(13)14/h4,7-8,12H,3,5-6H2,1-2H3,(H,13,14). The molecule has 0 aliphatic carbocycles. The molecule has 0 aromatic carbocycles. The number of rotatable bonds is 7. The van der Waals surface area contributed by atoms with Crippen LogP contribution in [0.1, 0.15) is 30.0 Å². The number of hydrogen-bond donors (Lipinski definition) is 2. The number of hydrogen-bond acceptors (Lipinski definition) is 4. The molecule has 90 valence electrons. The molecule has 5 nitrogen and oxygen atoms in total. The minimum Gasteiger partial charge on any atom is -0.478 e. The summed E-state index contributed by atoms with van der Waals surface area (Å²) in [5.74, 6) is -0.363. The average molecular weight is 227 g/mol. The quantitative estimate of drug-likeness (QED) is 0.738. The lowest BCUT2D eigenvalue weighted by Crippen LogP contribution is -2.29. The van der Waals surface area contributed by atoms with Crippen molar-refractivity contribution in [2.45, 2.75) is 26.4 Å². The molecule has 0 saturated heterocycles. The van der Waals surface area contributed by atoms with E-state index >= 15 is 0 Å². The van der Waals surface area contributed by atoms with Crippen LogP contribution in [0.15, 0.2) is 16.7 Å². The van der Waals surface area contributed by atoms with Gasteiger partial charge in [0, 0.05) is 12.6 Å². The maximum absolute atomic E-state index is 10.6. The van der Waals surface area contributed by atoms with Crippen LogP contribution < -0.4 is 5.32 Å². The second kappa shape index (κ2) is 6.30. The molecular weight excluding hydrogens is 210 g/mol. The van der Waals surface area contributed by atoms with Crippen LogP contribution in [-0.2, 0) is 11.3 Å². The lowest BCUT2D eigenvalue weighted by Gasteiger charge is -2.11. The third-order valence-corrected chi connectivity index (χ3v) is 2.10. The summed E-state index contributed by atoms with van der Waals surface area (Å²) in [7, 11) is 0. The Balaban J connectivity index is 2.33. The van der Waals surface area contributed by atoms with E-state index in [9.17, 15) is 4.79 Å². The molecule has 1 aromatic rings. The molecule has 1 unspecified atom stereocenters. The Labute approximate surface area is 94.4 Å². The van der Waals surface area contributed by atoms with Crippen molar-refractivity contribution in [1.29, 1.82) is 0 Å². The van der Waals surface area contributed by atoms with Gasteiger partial charge in [-0.1, -0.05) is 0 Å². The SMILES string of the molecule is CCOCC(C)NCc1cc(C(=O)O)co1. The molecule has 0 radical (unpaired) electrons. The van der Waals surface area contributed by atoms with Gasteiger partial charge in [0.05, 0.1) is 18.7 Å². The molecule has 0 aliphatic heterocycles. The van der Waals surface area contributed by atoms with E-state index in [2.05, 4.69) is 5.32 Å². The zero-order valence-electron chi connectivity index (χ0n) is 9.53. The molecule has 0 aliphatic rings. The van der Waals surface area contributed by atoms with Gasteiger partial charge in [-0.25, -0.2) is 4.79 Å². The van der Waals surface area contributed by atoms with E-state index in [0.717, 1.165) is 0 Å². The molecule has 0 bridgehead atoms. The van der Waals surface area contributed by atoms with Crippen LogP contribution in [0.25, 0.3) is 0 Å². The number of carboxylic acids is 1. The van der Waals surface area contributed by atoms with Crippen LogP contribution >= 0.6 is 0 Å². The van der Waals surface area contributed by atoms with Crippen LogP contribution in [0.4, 0.5) is 0 Å². The van der Waals surface area contributed by atoms with Crippen molar-refractivity contribution < 1.29 is 19.1 Å². The average Bonchev–Trinajstić information content (AvgIpc) is 2.72. The summed E-state index contributed by atoms with van der Waals surface area (Å²) < 4.78 is 10.3. The first kappa shape index (κ1) is 12.7. The molecule has 0 saturated carbocycles. The molecule has 1 atom stereocenters. The molecular formula is C11H17NO4. The van der Waals surface area contributed by atoms with Crippen LogP contribution in [0.5, 0.6) is 0 Å². The molecule has 0 amide bonds. The third-order valence-electron chi connectivity index (χ3n) is 2.10. The van der Waals surface area contributed by atoms with E-state index in [1.165, 1.54) is 12.3 Å². The molecule has 1 heterocycles. The second-order valence-corrected chi connectivity index (χ2v) is 3.55. The van der Waals surface area contributed by atoms with Crippen LogP contribution in [0, 0.1) is 0 Å².